The summed E-state index contributed by atoms with van der Waals surface area (Å²) in [5.74, 6) is -0.235. The van der Waals surface area contributed by atoms with Crippen LogP contribution < -0.4 is 10.2 Å². The molecular formula is C22H26N4O2. The summed E-state index contributed by atoms with van der Waals surface area (Å²) in [4.78, 5) is 32.9. The number of pyridine rings is 1. The minimum atomic E-state index is -0.261. The Morgan fingerprint density at radius 2 is 1.96 bits per heavy atom. The number of para-hydroxylation sites is 1. The molecule has 4 rings (SSSR count). The van der Waals surface area contributed by atoms with E-state index in [1.807, 2.05) is 12.1 Å². The lowest BCUT2D eigenvalue weighted by molar-refractivity contribution is -0.129. The van der Waals surface area contributed by atoms with E-state index in [1.165, 1.54) is 11.3 Å². The fraction of sp³-hybridized carbons (Fsp3) is 0.409. The third kappa shape index (κ3) is 4.16. The number of nitrogens with one attached hydrogen (secondary N) is 1. The Kier molecular flexibility index (Phi) is 5.55. The Hall–Kier alpha value is -2.89. The van der Waals surface area contributed by atoms with Gasteiger partial charge in [0.15, 0.2) is 0 Å². The molecule has 2 aliphatic rings. The molecule has 1 aromatic carbocycles. The zero-order valence-corrected chi connectivity index (χ0v) is 16.0. The van der Waals surface area contributed by atoms with Gasteiger partial charge in [0.05, 0.1) is 5.92 Å². The average molecular weight is 378 g/mol. The van der Waals surface area contributed by atoms with Crippen LogP contribution in [0.3, 0.4) is 0 Å². The number of carbonyl (C=O) groups excluding carboxylic acids is 2. The lowest BCUT2D eigenvalue weighted by atomic mass is 10.0. The van der Waals surface area contributed by atoms with Gasteiger partial charge in [-0.3, -0.25) is 14.6 Å². The van der Waals surface area contributed by atoms with Gasteiger partial charge in [0.1, 0.15) is 0 Å². The van der Waals surface area contributed by atoms with Crippen LogP contribution in [0.1, 0.15) is 24.0 Å². The van der Waals surface area contributed by atoms with E-state index in [9.17, 15) is 9.59 Å². The van der Waals surface area contributed by atoms with Gasteiger partial charge in [0.2, 0.25) is 11.8 Å². The van der Waals surface area contributed by atoms with Crippen LogP contribution in [0.5, 0.6) is 0 Å². The van der Waals surface area contributed by atoms with Crippen molar-refractivity contribution in [3.8, 4) is 0 Å². The van der Waals surface area contributed by atoms with Crippen LogP contribution in [0.2, 0.25) is 0 Å². The highest BCUT2D eigenvalue weighted by Gasteiger charge is 2.34. The fourth-order valence-electron chi connectivity index (χ4n) is 4.11. The second-order valence-electron chi connectivity index (χ2n) is 7.54. The molecule has 2 aromatic rings. The highest BCUT2D eigenvalue weighted by molar-refractivity contribution is 5.89. The minimum Gasteiger partial charge on any atom is -0.370 e. The molecule has 2 amide bonds. The predicted octanol–water partition coefficient (Wildman–Crippen LogP) is 2.00. The monoisotopic (exact) mass is 378 g/mol. The normalized spacial score (nSPS) is 18.9. The third-order valence-electron chi connectivity index (χ3n) is 5.60. The first-order valence-electron chi connectivity index (χ1n) is 9.98. The number of rotatable bonds is 6. The molecule has 3 heterocycles. The smallest absolute Gasteiger partial charge is 0.225 e. The Balaban J connectivity index is 1.26. The fourth-order valence-corrected chi connectivity index (χ4v) is 4.11. The molecule has 1 saturated heterocycles. The van der Waals surface area contributed by atoms with Crippen molar-refractivity contribution in [3.05, 3.63) is 59.9 Å². The molecule has 0 bridgehead atoms. The van der Waals surface area contributed by atoms with Crippen LogP contribution in [0.15, 0.2) is 48.8 Å². The summed E-state index contributed by atoms with van der Waals surface area (Å²) in [6, 6.07) is 12.3. The van der Waals surface area contributed by atoms with Gasteiger partial charge in [0, 0.05) is 57.2 Å². The van der Waals surface area contributed by atoms with E-state index in [2.05, 4.69) is 39.5 Å². The number of anilines is 1. The standard InChI is InChI=1S/C22H26N4O2/c27-21-14-19(16-26(21)15-17-7-9-23-10-8-17)22(28)24-11-13-25-12-3-5-18-4-1-2-6-20(18)25/h1-2,4,6-10,19H,3,5,11-16H2,(H,24,28)/t19-/m1/s1. The maximum atomic E-state index is 12.6. The third-order valence-corrected chi connectivity index (χ3v) is 5.60. The zero-order chi connectivity index (χ0) is 19.3. The summed E-state index contributed by atoms with van der Waals surface area (Å²) in [5.41, 5.74) is 3.70. The molecule has 0 aliphatic carbocycles. The molecule has 1 fully saturated rings. The summed E-state index contributed by atoms with van der Waals surface area (Å²) in [7, 11) is 0. The van der Waals surface area contributed by atoms with Gasteiger partial charge in [-0.2, -0.15) is 0 Å². The molecule has 2 aliphatic heterocycles. The highest BCUT2D eigenvalue weighted by atomic mass is 16.2. The van der Waals surface area contributed by atoms with Gasteiger partial charge in [-0.05, 0) is 42.2 Å². The minimum absolute atomic E-state index is 0.0177. The first-order valence-corrected chi connectivity index (χ1v) is 9.98. The Morgan fingerprint density at radius 3 is 2.82 bits per heavy atom. The number of hydrogen-bond donors (Lipinski definition) is 1. The molecule has 0 saturated carbocycles. The van der Waals surface area contributed by atoms with E-state index in [4.69, 9.17) is 0 Å². The molecule has 0 spiro atoms. The zero-order valence-electron chi connectivity index (χ0n) is 16.0. The van der Waals surface area contributed by atoms with Gasteiger partial charge in [0.25, 0.3) is 0 Å². The number of aryl methyl sites for hydroxylation is 1. The summed E-state index contributed by atoms with van der Waals surface area (Å²) < 4.78 is 0. The largest absolute Gasteiger partial charge is 0.370 e. The summed E-state index contributed by atoms with van der Waals surface area (Å²) >= 11 is 0. The average Bonchev–Trinajstić information content (AvgIpc) is 3.09. The van der Waals surface area contributed by atoms with Crippen molar-refractivity contribution < 1.29 is 9.59 Å². The molecule has 1 aromatic heterocycles. The molecular weight excluding hydrogens is 352 g/mol. The molecule has 1 atom stereocenters. The van der Waals surface area contributed by atoms with E-state index < -0.39 is 0 Å². The van der Waals surface area contributed by atoms with Crippen molar-refractivity contribution in [1.82, 2.24) is 15.2 Å². The van der Waals surface area contributed by atoms with Gasteiger partial charge in [-0.15, -0.1) is 0 Å². The summed E-state index contributed by atoms with van der Waals surface area (Å²) in [6.07, 6.45) is 6.00. The SMILES string of the molecule is O=C(NCCN1CCCc2ccccc21)[C@@H]1CC(=O)N(Cc2ccncc2)C1. The number of benzene rings is 1. The van der Waals surface area contributed by atoms with Gasteiger partial charge < -0.3 is 15.1 Å². The second kappa shape index (κ2) is 8.42. The molecule has 0 radical (unpaired) electrons. The Labute approximate surface area is 165 Å². The van der Waals surface area contributed by atoms with Crippen molar-refractivity contribution in [3.63, 3.8) is 0 Å². The number of nitrogens with zero attached hydrogens (tertiary/aromatic N) is 3. The quantitative estimate of drug-likeness (QED) is 0.835. The van der Waals surface area contributed by atoms with Crippen LogP contribution in [0.25, 0.3) is 0 Å². The van der Waals surface area contributed by atoms with Gasteiger partial charge >= 0.3 is 0 Å². The van der Waals surface area contributed by atoms with E-state index in [0.717, 1.165) is 31.5 Å². The van der Waals surface area contributed by atoms with Crippen molar-refractivity contribution in [2.24, 2.45) is 5.92 Å². The number of fused-ring (bicyclic) bond motifs is 1. The van der Waals surface area contributed by atoms with E-state index in [1.54, 1.807) is 17.3 Å². The summed E-state index contributed by atoms with van der Waals surface area (Å²) in [6.45, 7) is 3.44. The van der Waals surface area contributed by atoms with Gasteiger partial charge in [-0.25, -0.2) is 0 Å². The maximum absolute atomic E-state index is 12.6. The first-order chi connectivity index (χ1) is 13.7. The van der Waals surface area contributed by atoms with Crippen molar-refractivity contribution in [1.29, 1.82) is 0 Å². The molecule has 1 N–H and O–H groups in total. The Bertz CT molecular complexity index is 839. The van der Waals surface area contributed by atoms with Crippen LogP contribution >= 0.6 is 0 Å². The number of amides is 2. The van der Waals surface area contributed by atoms with Crippen molar-refractivity contribution in [2.75, 3.05) is 31.1 Å². The van der Waals surface area contributed by atoms with Crippen LogP contribution in [0.4, 0.5) is 5.69 Å². The summed E-state index contributed by atoms with van der Waals surface area (Å²) in [5, 5.41) is 3.04. The van der Waals surface area contributed by atoms with E-state index >= 15 is 0 Å². The lowest BCUT2D eigenvalue weighted by Crippen LogP contribution is -2.40. The van der Waals surface area contributed by atoms with Crippen LogP contribution in [-0.4, -0.2) is 47.9 Å². The lowest BCUT2D eigenvalue weighted by Gasteiger charge is -2.31. The number of hydrogen-bond acceptors (Lipinski definition) is 4. The Morgan fingerprint density at radius 1 is 1.14 bits per heavy atom. The van der Waals surface area contributed by atoms with Crippen molar-refractivity contribution in [2.45, 2.75) is 25.8 Å². The van der Waals surface area contributed by atoms with E-state index in [-0.39, 0.29) is 17.7 Å². The molecule has 0 unspecified atom stereocenters. The number of carbonyl (C=O) groups is 2. The number of likely N-dealkylation sites (tertiary alicyclic amines) is 1. The molecule has 6 nitrogen and oxygen atoms in total. The highest BCUT2D eigenvalue weighted by Crippen LogP contribution is 2.26. The van der Waals surface area contributed by atoms with Crippen molar-refractivity contribution >= 4 is 17.5 Å². The molecule has 146 valence electrons. The van der Waals surface area contributed by atoms with Gasteiger partial charge in [-0.1, -0.05) is 18.2 Å². The van der Waals surface area contributed by atoms with Crippen LogP contribution in [0, 0.1) is 5.92 Å². The maximum Gasteiger partial charge on any atom is 0.225 e. The second-order valence-corrected chi connectivity index (χ2v) is 7.54. The van der Waals surface area contributed by atoms with E-state index in [0.29, 0.717) is 26.1 Å². The molecule has 6 heteroatoms. The number of aromatic nitrogens is 1. The first kappa shape index (κ1) is 18.5. The molecule has 28 heavy (non-hydrogen) atoms. The topological polar surface area (TPSA) is 65.5 Å². The van der Waals surface area contributed by atoms with Crippen LogP contribution in [-0.2, 0) is 22.6 Å². The predicted molar refractivity (Wildman–Crippen MR) is 108 cm³/mol.